The second-order valence-corrected chi connectivity index (χ2v) is 6.21. The van der Waals surface area contributed by atoms with Crippen molar-refractivity contribution in [2.75, 3.05) is 20.1 Å². The van der Waals surface area contributed by atoms with Gasteiger partial charge in [-0.2, -0.15) is 0 Å². The third-order valence-corrected chi connectivity index (χ3v) is 5.13. The number of nitrogens with one attached hydrogen (secondary N) is 1. The number of thioether (sulfide) groups is 1. The van der Waals surface area contributed by atoms with Crippen LogP contribution in [0.3, 0.4) is 0 Å². The van der Waals surface area contributed by atoms with Crippen LogP contribution in [0.2, 0.25) is 0 Å². The van der Waals surface area contributed by atoms with Crippen LogP contribution in [0.5, 0.6) is 0 Å². The summed E-state index contributed by atoms with van der Waals surface area (Å²) in [7, 11) is 1.91. The minimum atomic E-state index is -0.239. The number of hydrogen-bond donors (Lipinski definition) is 1. The molecular formula is C15H21FN2OS. The molecule has 1 aliphatic rings. The van der Waals surface area contributed by atoms with E-state index in [9.17, 15) is 9.18 Å². The topological polar surface area (TPSA) is 32.3 Å². The van der Waals surface area contributed by atoms with Crippen LogP contribution < -0.4 is 5.32 Å². The van der Waals surface area contributed by atoms with Crippen LogP contribution >= 0.6 is 11.8 Å². The van der Waals surface area contributed by atoms with Crippen molar-refractivity contribution >= 4 is 17.7 Å². The van der Waals surface area contributed by atoms with Crippen LogP contribution in [0.15, 0.2) is 24.3 Å². The molecule has 5 heteroatoms. The second kappa shape index (κ2) is 7.09. The summed E-state index contributed by atoms with van der Waals surface area (Å²) >= 11 is 1.68. The lowest BCUT2D eigenvalue weighted by Gasteiger charge is -2.24. The van der Waals surface area contributed by atoms with E-state index in [2.05, 4.69) is 5.32 Å². The molecule has 0 aromatic heterocycles. The molecule has 0 spiro atoms. The summed E-state index contributed by atoms with van der Waals surface area (Å²) in [5.41, 5.74) is 1.00. The molecule has 0 radical (unpaired) electrons. The number of carbonyl (C=O) groups excluding carboxylic acids is 1. The van der Waals surface area contributed by atoms with Crippen molar-refractivity contribution in [2.24, 2.45) is 0 Å². The zero-order chi connectivity index (χ0) is 14.5. The summed E-state index contributed by atoms with van der Waals surface area (Å²) in [6, 6.07) is 6.49. The Bertz CT molecular complexity index is 452. The van der Waals surface area contributed by atoms with Gasteiger partial charge in [-0.25, -0.2) is 4.39 Å². The van der Waals surface area contributed by atoms with E-state index in [1.807, 2.05) is 18.9 Å². The predicted molar refractivity (Wildman–Crippen MR) is 81.1 cm³/mol. The Hall–Kier alpha value is -1.07. The number of halogens is 1. The van der Waals surface area contributed by atoms with Gasteiger partial charge in [-0.15, -0.1) is 11.8 Å². The summed E-state index contributed by atoms with van der Waals surface area (Å²) < 4.78 is 13.0. The van der Waals surface area contributed by atoms with Crippen molar-refractivity contribution < 1.29 is 9.18 Å². The number of rotatable bonds is 6. The average molecular weight is 296 g/mol. The van der Waals surface area contributed by atoms with E-state index in [4.69, 9.17) is 0 Å². The smallest absolute Gasteiger partial charge is 0.236 e. The van der Waals surface area contributed by atoms with Crippen molar-refractivity contribution in [2.45, 2.75) is 30.4 Å². The Morgan fingerprint density at radius 1 is 1.35 bits per heavy atom. The van der Waals surface area contributed by atoms with Crippen molar-refractivity contribution in [3.05, 3.63) is 35.6 Å². The van der Waals surface area contributed by atoms with E-state index in [1.165, 1.54) is 12.1 Å². The highest BCUT2D eigenvalue weighted by Gasteiger charge is 2.39. The van der Waals surface area contributed by atoms with Crippen LogP contribution in [0.4, 0.5) is 4.39 Å². The Labute approximate surface area is 123 Å². The Balaban J connectivity index is 2.15. The number of nitrogens with zero attached hydrogens (tertiary/aromatic N) is 1. The van der Waals surface area contributed by atoms with Crippen molar-refractivity contribution in [1.29, 1.82) is 0 Å². The molecule has 1 aromatic carbocycles. The van der Waals surface area contributed by atoms with Gasteiger partial charge in [0.2, 0.25) is 5.91 Å². The first-order valence-electron chi connectivity index (χ1n) is 7.03. The third-order valence-electron chi connectivity index (χ3n) is 3.49. The van der Waals surface area contributed by atoms with Gasteiger partial charge in [0, 0.05) is 6.54 Å². The average Bonchev–Trinajstić information content (AvgIpc) is 2.77. The van der Waals surface area contributed by atoms with Crippen molar-refractivity contribution in [3.63, 3.8) is 0 Å². The number of amides is 1. The minimum absolute atomic E-state index is 0.0184. The van der Waals surface area contributed by atoms with E-state index in [0.29, 0.717) is 0 Å². The molecule has 20 heavy (non-hydrogen) atoms. The van der Waals surface area contributed by atoms with E-state index in [0.717, 1.165) is 31.5 Å². The molecule has 0 saturated carbocycles. The summed E-state index contributed by atoms with van der Waals surface area (Å²) in [5.74, 6) is -0.0280. The zero-order valence-corrected chi connectivity index (χ0v) is 12.8. The third kappa shape index (κ3) is 3.33. The highest BCUT2D eigenvalue weighted by molar-refractivity contribution is 8.01. The molecule has 1 aromatic rings. The molecule has 110 valence electrons. The van der Waals surface area contributed by atoms with Crippen LogP contribution in [-0.2, 0) is 4.79 Å². The van der Waals surface area contributed by atoms with Gasteiger partial charge in [0.05, 0.1) is 5.25 Å². The van der Waals surface area contributed by atoms with Crippen molar-refractivity contribution in [1.82, 2.24) is 10.2 Å². The number of hydrogen-bond acceptors (Lipinski definition) is 3. The standard InChI is InChI=1S/C15H21FN2OS/c1-3-13-14(19)18(10-4-9-17-2)15(20-13)11-5-7-12(16)8-6-11/h5-8,13,15,17H,3-4,9-10H2,1-2H3. The molecule has 2 atom stereocenters. The first kappa shape index (κ1) is 15.3. The minimum Gasteiger partial charge on any atom is -0.326 e. The maximum absolute atomic E-state index is 13.0. The second-order valence-electron chi connectivity index (χ2n) is 4.93. The summed E-state index contributed by atoms with van der Waals surface area (Å²) in [6.07, 6.45) is 1.76. The normalized spacial score (nSPS) is 22.6. The van der Waals surface area contributed by atoms with Crippen LogP contribution in [-0.4, -0.2) is 36.2 Å². The monoisotopic (exact) mass is 296 g/mol. The Kier molecular flexibility index (Phi) is 5.43. The molecular weight excluding hydrogens is 275 g/mol. The molecule has 1 fully saturated rings. The quantitative estimate of drug-likeness (QED) is 0.819. The van der Waals surface area contributed by atoms with Crippen LogP contribution in [0.1, 0.15) is 30.7 Å². The summed E-state index contributed by atoms with van der Waals surface area (Å²) in [5, 5.41) is 3.15. The molecule has 0 bridgehead atoms. The lowest BCUT2D eigenvalue weighted by Crippen LogP contribution is -2.33. The van der Waals surface area contributed by atoms with E-state index in [-0.39, 0.29) is 22.3 Å². The molecule has 1 saturated heterocycles. The highest BCUT2D eigenvalue weighted by Crippen LogP contribution is 2.44. The lowest BCUT2D eigenvalue weighted by molar-refractivity contribution is -0.130. The number of benzene rings is 1. The van der Waals surface area contributed by atoms with Gasteiger partial charge in [-0.05, 0) is 44.1 Å². The molecule has 0 aliphatic carbocycles. The fourth-order valence-electron chi connectivity index (χ4n) is 2.40. The summed E-state index contributed by atoms with van der Waals surface area (Å²) in [4.78, 5) is 14.3. The first-order chi connectivity index (χ1) is 9.67. The summed E-state index contributed by atoms with van der Waals surface area (Å²) in [6.45, 7) is 3.67. The van der Waals surface area contributed by atoms with E-state index < -0.39 is 0 Å². The number of carbonyl (C=O) groups is 1. The van der Waals surface area contributed by atoms with E-state index in [1.54, 1.807) is 23.9 Å². The fraction of sp³-hybridized carbons (Fsp3) is 0.533. The molecule has 1 N–H and O–H groups in total. The maximum atomic E-state index is 13.0. The maximum Gasteiger partial charge on any atom is 0.236 e. The van der Waals surface area contributed by atoms with Gasteiger partial charge >= 0.3 is 0 Å². The predicted octanol–water partition coefficient (Wildman–Crippen LogP) is 2.79. The fourth-order valence-corrected chi connectivity index (χ4v) is 3.82. The van der Waals surface area contributed by atoms with E-state index >= 15 is 0 Å². The van der Waals surface area contributed by atoms with Gasteiger partial charge in [0.25, 0.3) is 0 Å². The van der Waals surface area contributed by atoms with Crippen LogP contribution in [0, 0.1) is 5.82 Å². The van der Waals surface area contributed by atoms with Gasteiger partial charge in [0.15, 0.2) is 0 Å². The molecule has 1 amide bonds. The van der Waals surface area contributed by atoms with Gasteiger partial charge in [0.1, 0.15) is 11.2 Å². The Morgan fingerprint density at radius 3 is 2.65 bits per heavy atom. The SMILES string of the molecule is CCC1SC(c2ccc(F)cc2)N(CCCNC)C1=O. The molecule has 1 aliphatic heterocycles. The van der Waals surface area contributed by atoms with Gasteiger partial charge in [-0.3, -0.25) is 4.79 Å². The zero-order valence-electron chi connectivity index (χ0n) is 11.9. The van der Waals surface area contributed by atoms with Gasteiger partial charge in [-0.1, -0.05) is 19.1 Å². The first-order valence-corrected chi connectivity index (χ1v) is 7.97. The molecule has 2 rings (SSSR count). The van der Waals surface area contributed by atoms with Crippen LogP contribution in [0.25, 0.3) is 0 Å². The van der Waals surface area contributed by atoms with Gasteiger partial charge < -0.3 is 10.2 Å². The van der Waals surface area contributed by atoms with Crippen molar-refractivity contribution in [3.8, 4) is 0 Å². The lowest BCUT2D eigenvalue weighted by atomic mass is 10.2. The highest BCUT2D eigenvalue weighted by atomic mass is 32.2. The Morgan fingerprint density at radius 2 is 2.05 bits per heavy atom. The molecule has 3 nitrogen and oxygen atoms in total. The molecule has 2 unspecified atom stereocenters. The largest absolute Gasteiger partial charge is 0.326 e. The molecule has 1 heterocycles.